The van der Waals surface area contributed by atoms with Crippen molar-refractivity contribution in [2.75, 3.05) is 25.0 Å². The number of nitrogens with zero attached hydrogens (tertiary/aromatic N) is 1. The van der Waals surface area contributed by atoms with Crippen molar-refractivity contribution < 1.29 is 22.0 Å². The van der Waals surface area contributed by atoms with Crippen molar-refractivity contribution in [3.8, 4) is 0 Å². The molecule has 18 heavy (non-hydrogen) atoms. The summed E-state index contributed by atoms with van der Waals surface area (Å²) in [5, 5.41) is 0. The van der Waals surface area contributed by atoms with Gasteiger partial charge in [-0.15, -0.1) is 0 Å². The Labute approximate surface area is 101 Å². The molecule has 0 aromatic heterocycles. The predicted molar refractivity (Wildman–Crippen MR) is 58.7 cm³/mol. The smallest absolute Gasteiger partial charge is 0.369 e. The van der Waals surface area contributed by atoms with E-state index < -0.39 is 30.8 Å². The summed E-state index contributed by atoms with van der Waals surface area (Å²) in [5.41, 5.74) is 4.35. The third-order valence-electron chi connectivity index (χ3n) is 2.40. The van der Waals surface area contributed by atoms with E-state index in [2.05, 4.69) is 0 Å². The largest absolute Gasteiger partial charge is 0.416 e. The number of halogens is 5. The van der Waals surface area contributed by atoms with E-state index >= 15 is 0 Å². The lowest BCUT2D eigenvalue weighted by atomic mass is 10.2. The summed E-state index contributed by atoms with van der Waals surface area (Å²) in [7, 11) is 1.37. The third-order valence-corrected chi connectivity index (χ3v) is 2.40. The van der Waals surface area contributed by atoms with Gasteiger partial charge >= 0.3 is 6.18 Å². The minimum atomic E-state index is -4.43. The molecule has 0 atom stereocenters. The Morgan fingerprint density at radius 3 is 1.94 bits per heavy atom. The van der Waals surface area contributed by atoms with Crippen molar-refractivity contribution in [2.45, 2.75) is 12.1 Å². The van der Waals surface area contributed by atoms with Crippen LogP contribution in [0.3, 0.4) is 0 Å². The maximum Gasteiger partial charge on any atom is 0.416 e. The number of rotatable bonds is 4. The highest BCUT2D eigenvalue weighted by Gasteiger charge is 2.31. The van der Waals surface area contributed by atoms with E-state index in [1.807, 2.05) is 0 Å². The van der Waals surface area contributed by atoms with E-state index in [9.17, 15) is 22.0 Å². The zero-order chi connectivity index (χ0) is 14.0. The lowest BCUT2D eigenvalue weighted by molar-refractivity contribution is -0.137. The van der Waals surface area contributed by atoms with E-state index in [4.69, 9.17) is 5.73 Å². The predicted octanol–water partition coefficient (Wildman–Crippen LogP) is 2.74. The van der Waals surface area contributed by atoms with E-state index in [0.717, 1.165) is 29.2 Å². The molecule has 0 aliphatic rings. The molecule has 1 aromatic carbocycles. The van der Waals surface area contributed by atoms with Gasteiger partial charge in [0.25, 0.3) is 5.92 Å². The van der Waals surface area contributed by atoms with Crippen LogP contribution < -0.4 is 10.6 Å². The van der Waals surface area contributed by atoms with Crippen molar-refractivity contribution in [2.24, 2.45) is 5.73 Å². The fourth-order valence-corrected chi connectivity index (χ4v) is 1.41. The number of alkyl halides is 5. The molecule has 0 aliphatic heterocycles. The van der Waals surface area contributed by atoms with Gasteiger partial charge in [-0.25, -0.2) is 8.78 Å². The van der Waals surface area contributed by atoms with Gasteiger partial charge < -0.3 is 10.6 Å². The molecule has 102 valence electrons. The van der Waals surface area contributed by atoms with E-state index in [-0.39, 0.29) is 5.69 Å². The van der Waals surface area contributed by atoms with Gasteiger partial charge in [-0.05, 0) is 24.3 Å². The van der Waals surface area contributed by atoms with E-state index in [1.54, 1.807) is 0 Å². The van der Waals surface area contributed by atoms with Gasteiger partial charge in [0.15, 0.2) is 0 Å². The normalized spacial score (nSPS) is 12.6. The number of benzene rings is 1. The van der Waals surface area contributed by atoms with Crippen molar-refractivity contribution in [3.05, 3.63) is 29.8 Å². The molecule has 0 radical (unpaired) electrons. The molecule has 2 N–H and O–H groups in total. The maximum absolute atomic E-state index is 13.0. The second-order valence-corrected chi connectivity index (χ2v) is 3.96. The van der Waals surface area contributed by atoms with Crippen LogP contribution in [0.1, 0.15) is 5.56 Å². The first-order valence-electron chi connectivity index (χ1n) is 5.12. The average molecular weight is 268 g/mol. The number of hydrogen-bond donors (Lipinski definition) is 1. The quantitative estimate of drug-likeness (QED) is 0.851. The number of anilines is 1. The Hall–Kier alpha value is -1.37. The van der Waals surface area contributed by atoms with Crippen LogP contribution in [0.5, 0.6) is 0 Å². The minimum absolute atomic E-state index is 0.274. The molecule has 0 spiro atoms. The van der Waals surface area contributed by atoms with Crippen LogP contribution in [-0.2, 0) is 6.18 Å². The van der Waals surface area contributed by atoms with Crippen LogP contribution in [-0.4, -0.2) is 26.1 Å². The fourth-order valence-electron chi connectivity index (χ4n) is 1.41. The van der Waals surface area contributed by atoms with Crippen LogP contribution in [0, 0.1) is 0 Å². The molecule has 1 aromatic rings. The lowest BCUT2D eigenvalue weighted by Gasteiger charge is -2.24. The number of hydrogen-bond acceptors (Lipinski definition) is 2. The summed E-state index contributed by atoms with van der Waals surface area (Å²) in [5.74, 6) is -3.07. The Kier molecular flexibility index (Phi) is 4.16. The summed E-state index contributed by atoms with van der Waals surface area (Å²) in [4.78, 5) is 1.16. The molecule has 0 saturated heterocycles. The molecule has 0 saturated carbocycles. The Morgan fingerprint density at radius 2 is 1.56 bits per heavy atom. The van der Waals surface area contributed by atoms with Crippen LogP contribution in [0.25, 0.3) is 0 Å². The molecular weight excluding hydrogens is 255 g/mol. The Morgan fingerprint density at radius 1 is 1.06 bits per heavy atom. The van der Waals surface area contributed by atoms with Crippen molar-refractivity contribution in [3.63, 3.8) is 0 Å². The second kappa shape index (κ2) is 5.09. The minimum Gasteiger partial charge on any atom is -0.369 e. The van der Waals surface area contributed by atoms with E-state index in [1.165, 1.54) is 7.05 Å². The molecule has 0 amide bonds. The highest BCUT2D eigenvalue weighted by atomic mass is 19.4. The molecule has 2 nitrogen and oxygen atoms in total. The highest BCUT2D eigenvalue weighted by molar-refractivity contribution is 5.47. The second-order valence-electron chi connectivity index (χ2n) is 3.96. The first-order chi connectivity index (χ1) is 8.15. The molecule has 0 unspecified atom stereocenters. The standard InChI is InChI=1S/C11H13F5N2/c1-18(7-10(12,13)6-17)9-4-2-8(3-5-9)11(14,15)16/h2-5H,6-7,17H2,1H3. The lowest BCUT2D eigenvalue weighted by Crippen LogP contribution is -2.40. The van der Waals surface area contributed by atoms with Gasteiger partial charge in [0.2, 0.25) is 0 Å². The Bertz CT molecular complexity index is 385. The van der Waals surface area contributed by atoms with E-state index in [0.29, 0.717) is 0 Å². The molecule has 0 fully saturated rings. The molecule has 0 bridgehead atoms. The fraction of sp³-hybridized carbons (Fsp3) is 0.455. The van der Waals surface area contributed by atoms with Crippen molar-refractivity contribution >= 4 is 5.69 Å². The molecule has 0 heterocycles. The van der Waals surface area contributed by atoms with Crippen LogP contribution in [0.15, 0.2) is 24.3 Å². The van der Waals surface area contributed by atoms with Crippen molar-refractivity contribution in [1.82, 2.24) is 0 Å². The van der Waals surface area contributed by atoms with Gasteiger partial charge in [0.05, 0.1) is 18.7 Å². The van der Waals surface area contributed by atoms with Crippen molar-refractivity contribution in [1.29, 1.82) is 0 Å². The SMILES string of the molecule is CN(CC(F)(F)CN)c1ccc(C(F)(F)F)cc1. The third kappa shape index (κ3) is 3.83. The van der Waals surface area contributed by atoms with Gasteiger partial charge in [-0.2, -0.15) is 13.2 Å². The molecule has 7 heteroatoms. The topological polar surface area (TPSA) is 29.3 Å². The van der Waals surface area contributed by atoms with Crippen LogP contribution >= 0.6 is 0 Å². The monoisotopic (exact) mass is 268 g/mol. The molecular formula is C11H13F5N2. The maximum atomic E-state index is 13.0. The van der Waals surface area contributed by atoms with Gasteiger partial charge in [-0.1, -0.05) is 0 Å². The summed E-state index contributed by atoms with van der Waals surface area (Å²) < 4.78 is 62.9. The zero-order valence-electron chi connectivity index (χ0n) is 9.64. The first-order valence-corrected chi connectivity index (χ1v) is 5.12. The Balaban J connectivity index is 2.80. The summed E-state index contributed by atoms with van der Waals surface area (Å²) in [6.07, 6.45) is -4.43. The first kappa shape index (κ1) is 14.7. The van der Waals surface area contributed by atoms with Crippen LogP contribution in [0.4, 0.5) is 27.6 Å². The summed E-state index contributed by atoms with van der Waals surface area (Å²) in [6, 6.07) is 4.00. The average Bonchev–Trinajstić information content (AvgIpc) is 2.27. The molecule has 0 aliphatic carbocycles. The zero-order valence-corrected chi connectivity index (χ0v) is 9.64. The molecule has 1 rings (SSSR count). The number of nitrogens with two attached hydrogens (primary N) is 1. The highest BCUT2D eigenvalue weighted by Crippen LogP contribution is 2.30. The van der Waals surface area contributed by atoms with Gasteiger partial charge in [0.1, 0.15) is 0 Å². The van der Waals surface area contributed by atoms with Crippen LogP contribution in [0.2, 0.25) is 0 Å². The summed E-state index contributed by atoms with van der Waals surface area (Å²) in [6.45, 7) is -1.45. The summed E-state index contributed by atoms with van der Waals surface area (Å²) >= 11 is 0. The van der Waals surface area contributed by atoms with Gasteiger partial charge in [0, 0.05) is 12.7 Å². The van der Waals surface area contributed by atoms with Gasteiger partial charge in [-0.3, -0.25) is 0 Å².